The molecular formula is C145H108N4. The van der Waals surface area contributed by atoms with E-state index in [1.807, 2.05) is 55.2 Å². The summed E-state index contributed by atoms with van der Waals surface area (Å²) in [6.45, 7) is 20.7. The van der Waals surface area contributed by atoms with Gasteiger partial charge in [-0.25, -0.2) is 0 Å². The van der Waals surface area contributed by atoms with E-state index in [0.717, 1.165) is 22.4 Å². The molecule has 4 aromatic heterocycles. The Balaban J connectivity index is 0.000000113. The quantitative estimate of drug-likeness (QED) is 0.108. The van der Waals surface area contributed by atoms with Gasteiger partial charge in [0.1, 0.15) is 0 Å². The van der Waals surface area contributed by atoms with Crippen molar-refractivity contribution < 1.29 is 0 Å². The van der Waals surface area contributed by atoms with Crippen molar-refractivity contribution in [3.05, 3.63) is 509 Å². The standard InChI is InChI=1S/C49H36N2.C49H37N.C47H35N/c1-49(2,3)37-26-34-19-22-40-42(32-17-15-31(16-18-32)36-10-9-25-50-30-36)29-43(41-23-20-35(27-37)47(34)48(40)41)33-21-24-46-44(28-33)39-13-7-8-14-45(39)51(46)38-11-5-4-6-12-38;1-49(2,3)41-29-39-24-26-42-44(36-18-16-35(17-19-36)34-14-12-33(13-15-34)32-9-5-4-6-10-32)31-45(43-27-25-40(30-41)47(39)48(42)43)37-20-22-38(23-21-37)46-11-7-8-28-50-46;1-47(2,3)38-26-35-21-23-41-43(33-15-13-30(14-16-33)37-10-7-25-48-29-37)28-44(42-24-22-36(27-38)45(35)46(41)42)34-19-17-32(18-20-34)40-12-6-9-31-8-4-5-11-39(31)40/h4-30H,1-3H3;4-31H,1-3H3;4-29H,1-3H3. The van der Waals surface area contributed by atoms with Crippen LogP contribution in [0.1, 0.15) is 79.0 Å². The molecule has 0 fully saturated rings. The lowest BCUT2D eigenvalue weighted by atomic mass is 9.81. The Hall–Kier alpha value is -18.1. The molecule has 4 heterocycles. The van der Waals surface area contributed by atoms with Crippen LogP contribution in [-0.2, 0) is 16.2 Å². The maximum absolute atomic E-state index is 4.58. The van der Waals surface area contributed by atoms with E-state index in [1.165, 1.54) is 263 Å². The number of nitrogens with zero attached hydrogens (tertiary/aromatic N) is 4. The van der Waals surface area contributed by atoms with Gasteiger partial charge in [-0.2, -0.15) is 0 Å². The fraction of sp³-hybridized carbons (Fsp3) is 0.0828. The normalized spacial score (nSPS) is 12.1. The average molecular weight is 1910 g/mol. The van der Waals surface area contributed by atoms with Gasteiger partial charge in [0, 0.05) is 53.0 Å². The predicted octanol–water partition coefficient (Wildman–Crippen LogP) is 40.1. The first-order valence-electron chi connectivity index (χ1n) is 52.0. The third-order valence-corrected chi connectivity index (χ3v) is 31.1. The summed E-state index contributed by atoms with van der Waals surface area (Å²) in [6.07, 6.45) is 9.36. The van der Waals surface area contributed by atoms with Crippen LogP contribution in [0, 0.1) is 0 Å². The lowest BCUT2D eigenvalue weighted by molar-refractivity contribution is 0.591. The summed E-state index contributed by atoms with van der Waals surface area (Å²) in [4.78, 5) is 13.3. The minimum atomic E-state index is 0.0606. The van der Waals surface area contributed by atoms with Crippen LogP contribution in [0.25, 0.3) is 269 Å². The van der Waals surface area contributed by atoms with Gasteiger partial charge in [-0.3, -0.25) is 15.0 Å². The van der Waals surface area contributed by atoms with E-state index in [2.05, 4.69) is 519 Å². The van der Waals surface area contributed by atoms with E-state index >= 15 is 0 Å². The zero-order chi connectivity index (χ0) is 100. The highest BCUT2D eigenvalue weighted by Gasteiger charge is 2.28. The van der Waals surface area contributed by atoms with Crippen molar-refractivity contribution in [2.75, 3.05) is 0 Å². The van der Waals surface area contributed by atoms with E-state index in [4.69, 9.17) is 0 Å². The molecule has 0 saturated heterocycles. The summed E-state index contributed by atoms with van der Waals surface area (Å²) in [5.41, 5.74) is 36.8. The Morgan fingerprint density at radius 2 is 0.470 bits per heavy atom. The van der Waals surface area contributed by atoms with Gasteiger partial charge in [-0.1, -0.05) is 451 Å². The molecule has 0 amide bonds. The molecule has 0 aliphatic rings. The van der Waals surface area contributed by atoms with Gasteiger partial charge in [0.05, 0.1) is 16.7 Å². The number of pyridine rings is 3. The van der Waals surface area contributed by atoms with Gasteiger partial charge in [0.15, 0.2) is 0 Å². The molecule has 149 heavy (non-hydrogen) atoms. The van der Waals surface area contributed by atoms with Gasteiger partial charge >= 0.3 is 0 Å². The third-order valence-electron chi connectivity index (χ3n) is 31.1. The van der Waals surface area contributed by atoms with Gasteiger partial charge in [0.2, 0.25) is 0 Å². The molecule has 4 nitrogen and oxygen atoms in total. The summed E-state index contributed by atoms with van der Waals surface area (Å²) in [5, 5.41) is 28.6. The molecule has 0 N–H and O–H groups in total. The van der Waals surface area contributed by atoms with Crippen LogP contribution in [0.2, 0.25) is 0 Å². The monoisotopic (exact) mass is 1900 g/mol. The summed E-state index contributed by atoms with van der Waals surface area (Å²) >= 11 is 0. The smallest absolute Gasteiger partial charge is 0.0701 e. The molecule has 0 saturated carbocycles. The predicted molar refractivity (Wildman–Crippen MR) is 637 cm³/mol. The molecule has 0 bridgehead atoms. The van der Waals surface area contributed by atoms with E-state index in [9.17, 15) is 0 Å². The van der Waals surface area contributed by atoms with Gasteiger partial charge in [-0.05, 0) is 336 Å². The largest absolute Gasteiger partial charge is 0.309 e. The minimum absolute atomic E-state index is 0.0606. The summed E-state index contributed by atoms with van der Waals surface area (Å²) in [5.74, 6) is 0. The molecule has 0 spiro atoms. The molecule has 28 aromatic rings. The fourth-order valence-electron chi connectivity index (χ4n) is 23.2. The summed E-state index contributed by atoms with van der Waals surface area (Å²) < 4.78 is 2.39. The van der Waals surface area contributed by atoms with Crippen LogP contribution < -0.4 is 0 Å². The highest BCUT2D eigenvalue weighted by Crippen LogP contribution is 2.52. The Labute approximate surface area is 869 Å². The van der Waals surface area contributed by atoms with E-state index < -0.39 is 0 Å². The first-order chi connectivity index (χ1) is 72.7. The molecular weight excluding hydrogens is 1800 g/mol. The molecule has 0 radical (unpaired) electrons. The van der Waals surface area contributed by atoms with E-state index in [-0.39, 0.29) is 16.2 Å². The first-order valence-corrected chi connectivity index (χ1v) is 52.0. The van der Waals surface area contributed by atoms with E-state index in [1.54, 1.807) is 0 Å². The molecule has 708 valence electrons. The molecule has 28 rings (SSSR count). The SMILES string of the molecule is CC(C)(C)c1cc2ccc3c(-c4ccc(-c5ccc(-c6ccccc6)cc5)cc4)cc(-c4ccc(-c5ccccn5)cc4)c4ccc(c1)c2c34.CC(C)(C)c1cc2ccc3c(-c4ccc(-c5cccnc5)cc4)cc(-c4ccc(-c5cccc6ccccc56)cc4)c4ccc(c1)c2c34.CC(C)(C)c1cc2ccc3c(-c4ccc(-c5cccnc5)cc4)cc(-c4ccc5c(c4)c4ccccc4n5-c4ccccc4)c4ccc(c1)c2c34. The third kappa shape index (κ3) is 16.5. The number of aromatic nitrogens is 4. The van der Waals surface area contributed by atoms with Crippen molar-refractivity contribution in [2.45, 2.75) is 78.6 Å². The van der Waals surface area contributed by atoms with Crippen LogP contribution >= 0.6 is 0 Å². The average Bonchev–Trinajstić information content (AvgIpc) is 1.28. The second kappa shape index (κ2) is 36.6. The lowest BCUT2D eigenvalue weighted by Crippen LogP contribution is -2.10. The zero-order valence-electron chi connectivity index (χ0n) is 85.1. The van der Waals surface area contributed by atoms with E-state index in [0.29, 0.717) is 0 Å². The van der Waals surface area contributed by atoms with Crippen LogP contribution in [0.15, 0.2) is 492 Å². The lowest BCUT2D eigenvalue weighted by Gasteiger charge is -2.23. The van der Waals surface area contributed by atoms with Crippen molar-refractivity contribution in [1.82, 2.24) is 19.5 Å². The summed E-state index contributed by atoms with van der Waals surface area (Å²) in [6, 6.07) is 170. The Morgan fingerprint density at radius 3 is 0.846 bits per heavy atom. The van der Waals surface area contributed by atoms with Gasteiger partial charge < -0.3 is 4.57 Å². The topological polar surface area (TPSA) is 43.6 Å². The number of benzene rings is 24. The highest BCUT2D eigenvalue weighted by atomic mass is 15.0. The minimum Gasteiger partial charge on any atom is -0.309 e. The maximum atomic E-state index is 4.58. The molecule has 4 heteroatoms. The highest BCUT2D eigenvalue weighted by molar-refractivity contribution is 6.32. The number of fused-ring (bicyclic) bond motifs is 4. The molecule has 0 aliphatic heterocycles. The number of para-hydroxylation sites is 2. The van der Waals surface area contributed by atoms with Crippen molar-refractivity contribution in [3.63, 3.8) is 0 Å². The van der Waals surface area contributed by atoms with Crippen LogP contribution in [0.4, 0.5) is 0 Å². The molecule has 24 aromatic carbocycles. The van der Waals surface area contributed by atoms with Crippen LogP contribution in [-0.4, -0.2) is 19.5 Å². The Kier molecular flexibility index (Phi) is 22.3. The van der Waals surface area contributed by atoms with Crippen molar-refractivity contribution in [3.8, 4) is 139 Å². The van der Waals surface area contributed by atoms with Crippen LogP contribution in [0.3, 0.4) is 0 Å². The van der Waals surface area contributed by atoms with Gasteiger partial charge in [0.25, 0.3) is 0 Å². The molecule has 0 atom stereocenters. The molecule has 0 unspecified atom stereocenters. The van der Waals surface area contributed by atoms with Gasteiger partial charge in [-0.15, -0.1) is 0 Å². The number of hydrogen-bond donors (Lipinski definition) is 0. The van der Waals surface area contributed by atoms with Crippen molar-refractivity contribution in [1.29, 1.82) is 0 Å². The van der Waals surface area contributed by atoms with Crippen molar-refractivity contribution >= 4 is 130 Å². The van der Waals surface area contributed by atoms with Crippen LogP contribution in [0.5, 0.6) is 0 Å². The molecule has 0 aliphatic carbocycles. The van der Waals surface area contributed by atoms with Crippen molar-refractivity contribution in [2.24, 2.45) is 0 Å². The second-order valence-corrected chi connectivity index (χ2v) is 43.3. The Bertz CT molecular complexity index is 9890. The first kappa shape index (κ1) is 90.9. The number of hydrogen-bond acceptors (Lipinski definition) is 3. The number of rotatable bonds is 13. The fourth-order valence-corrected chi connectivity index (χ4v) is 23.2. The second-order valence-electron chi connectivity index (χ2n) is 43.3. The Morgan fingerprint density at radius 1 is 0.168 bits per heavy atom. The summed E-state index contributed by atoms with van der Waals surface area (Å²) in [7, 11) is 0. The zero-order valence-corrected chi connectivity index (χ0v) is 85.1. The maximum Gasteiger partial charge on any atom is 0.0701 e.